The number of nitrogens with one attached hydrogen (secondary N) is 1. The first-order valence-electron chi connectivity index (χ1n) is 10.3. The Morgan fingerprint density at radius 3 is 2.45 bits per heavy atom. The summed E-state index contributed by atoms with van der Waals surface area (Å²) in [5.74, 6) is -1.07. The van der Waals surface area contributed by atoms with E-state index in [0.717, 1.165) is 5.56 Å². The first kappa shape index (κ1) is 21.1. The molecule has 0 spiro atoms. The van der Waals surface area contributed by atoms with Crippen molar-refractivity contribution >= 4 is 17.9 Å². The maximum Gasteiger partial charge on any atom is 0.586 e. The lowest BCUT2D eigenvalue weighted by atomic mass is 9.94. The van der Waals surface area contributed by atoms with Crippen LogP contribution in [0.3, 0.4) is 0 Å². The first-order chi connectivity index (χ1) is 15.7. The zero-order chi connectivity index (χ0) is 23.4. The molecule has 1 heterocycles. The van der Waals surface area contributed by atoms with Crippen molar-refractivity contribution in [2.45, 2.75) is 31.5 Å². The number of anilines is 1. The summed E-state index contributed by atoms with van der Waals surface area (Å²) >= 11 is 0. The van der Waals surface area contributed by atoms with Gasteiger partial charge in [0.15, 0.2) is 17.8 Å². The molecule has 168 valence electrons. The quantitative estimate of drug-likeness (QED) is 0.511. The zero-order valence-corrected chi connectivity index (χ0v) is 17.5. The molecule has 8 heteroatoms. The third-order valence-electron chi connectivity index (χ3n) is 6.07. The van der Waals surface area contributed by atoms with Gasteiger partial charge in [0.2, 0.25) is 5.91 Å². The number of alkyl halides is 2. The van der Waals surface area contributed by atoms with E-state index in [4.69, 9.17) is 0 Å². The molecule has 1 aliphatic heterocycles. The van der Waals surface area contributed by atoms with Crippen LogP contribution in [0, 0.1) is 12.7 Å². The van der Waals surface area contributed by atoms with E-state index in [1.165, 1.54) is 24.3 Å². The average molecular weight is 453 g/mol. The van der Waals surface area contributed by atoms with Crippen LogP contribution in [0.1, 0.15) is 34.3 Å². The minimum Gasteiger partial charge on any atom is -0.395 e. The van der Waals surface area contributed by atoms with Gasteiger partial charge < -0.3 is 14.8 Å². The van der Waals surface area contributed by atoms with Crippen molar-refractivity contribution in [1.82, 2.24) is 0 Å². The van der Waals surface area contributed by atoms with Gasteiger partial charge in [-0.3, -0.25) is 9.59 Å². The molecule has 0 saturated heterocycles. The molecule has 2 aliphatic rings. The minimum atomic E-state index is -3.72. The van der Waals surface area contributed by atoms with E-state index in [0.29, 0.717) is 41.5 Å². The number of benzene rings is 3. The topological polar surface area (TPSA) is 64.6 Å². The third kappa shape index (κ3) is 3.71. The van der Waals surface area contributed by atoms with Gasteiger partial charge in [-0.05, 0) is 78.4 Å². The highest BCUT2D eigenvalue weighted by Gasteiger charge is 2.52. The second-order valence-electron chi connectivity index (χ2n) is 8.25. The lowest BCUT2D eigenvalue weighted by Gasteiger charge is -2.17. The van der Waals surface area contributed by atoms with Crippen LogP contribution in [0.4, 0.5) is 18.9 Å². The molecular formula is C25H18F3NO4. The molecule has 1 saturated carbocycles. The summed E-state index contributed by atoms with van der Waals surface area (Å²) in [4.78, 5) is 24.1. The molecule has 5 rings (SSSR count). The molecule has 0 radical (unpaired) electrons. The van der Waals surface area contributed by atoms with Crippen molar-refractivity contribution in [3.05, 3.63) is 77.1 Å². The number of halogens is 3. The Morgan fingerprint density at radius 1 is 1.00 bits per heavy atom. The van der Waals surface area contributed by atoms with Gasteiger partial charge in [-0.2, -0.15) is 0 Å². The van der Waals surface area contributed by atoms with E-state index >= 15 is 0 Å². The Labute approximate surface area is 187 Å². The third-order valence-corrected chi connectivity index (χ3v) is 6.07. The van der Waals surface area contributed by atoms with Crippen molar-refractivity contribution in [3.63, 3.8) is 0 Å². The summed E-state index contributed by atoms with van der Waals surface area (Å²) in [7, 11) is 0. The summed E-state index contributed by atoms with van der Waals surface area (Å²) in [5.41, 5.74) is 2.35. The molecule has 3 aromatic rings. The van der Waals surface area contributed by atoms with Crippen LogP contribution in [0.2, 0.25) is 0 Å². The Hall–Kier alpha value is -3.81. The minimum absolute atomic E-state index is 0.0296. The van der Waals surface area contributed by atoms with Crippen molar-refractivity contribution in [2.24, 2.45) is 0 Å². The summed E-state index contributed by atoms with van der Waals surface area (Å²) in [6, 6.07) is 14.0. The smallest absolute Gasteiger partial charge is 0.395 e. The Balaban J connectivity index is 1.40. The molecule has 33 heavy (non-hydrogen) atoms. The number of fused-ring (bicyclic) bond motifs is 1. The molecule has 3 aromatic carbocycles. The number of rotatable bonds is 5. The number of ether oxygens (including phenoxy) is 2. The van der Waals surface area contributed by atoms with Crippen LogP contribution in [-0.4, -0.2) is 18.5 Å². The number of hydrogen-bond donors (Lipinski definition) is 1. The van der Waals surface area contributed by atoms with E-state index < -0.39 is 17.5 Å². The Bertz CT molecular complexity index is 1300. The molecule has 1 N–H and O–H groups in total. The monoisotopic (exact) mass is 453 g/mol. The molecule has 5 nitrogen and oxygen atoms in total. The predicted octanol–water partition coefficient (Wildman–Crippen LogP) is 5.61. The number of amides is 1. The van der Waals surface area contributed by atoms with Crippen LogP contribution >= 0.6 is 0 Å². The summed E-state index contributed by atoms with van der Waals surface area (Å²) in [5, 5.41) is 2.89. The average Bonchev–Trinajstić information content (AvgIpc) is 3.52. The van der Waals surface area contributed by atoms with Crippen LogP contribution in [0.25, 0.3) is 11.1 Å². The fraction of sp³-hybridized carbons (Fsp3) is 0.200. The van der Waals surface area contributed by atoms with Crippen LogP contribution in [-0.2, 0) is 10.2 Å². The largest absolute Gasteiger partial charge is 0.586 e. The van der Waals surface area contributed by atoms with Gasteiger partial charge in [0, 0.05) is 5.69 Å². The molecule has 0 aromatic heterocycles. The van der Waals surface area contributed by atoms with Crippen molar-refractivity contribution < 1.29 is 32.2 Å². The van der Waals surface area contributed by atoms with Crippen LogP contribution in [0.15, 0.2) is 54.6 Å². The van der Waals surface area contributed by atoms with E-state index in [9.17, 15) is 22.8 Å². The van der Waals surface area contributed by atoms with Gasteiger partial charge >= 0.3 is 6.29 Å². The fourth-order valence-electron chi connectivity index (χ4n) is 4.07. The fourth-order valence-corrected chi connectivity index (χ4v) is 4.07. The molecule has 1 fully saturated rings. The highest BCUT2D eigenvalue weighted by Crippen LogP contribution is 2.52. The Morgan fingerprint density at radius 2 is 1.76 bits per heavy atom. The summed E-state index contributed by atoms with van der Waals surface area (Å²) in [6.45, 7) is 1.86. The number of carbonyl (C=O) groups is 2. The number of carbonyl (C=O) groups excluding carboxylic acids is 2. The van der Waals surface area contributed by atoms with E-state index in [1.54, 1.807) is 30.3 Å². The van der Waals surface area contributed by atoms with Gasteiger partial charge in [0.05, 0.1) is 11.0 Å². The molecule has 1 aliphatic carbocycles. The maximum atomic E-state index is 14.1. The normalized spacial score (nSPS) is 16.8. The van der Waals surface area contributed by atoms with E-state index in [1.807, 2.05) is 6.92 Å². The maximum absolute atomic E-state index is 14.1. The van der Waals surface area contributed by atoms with Gasteiger partial charge in [-0.1, -0.05) is 18.2 Å². The summed E-state index contributed by atoms with van der Waals surface area (Å²) in [6.07, 6.45) is -2.14. The van der Waals surface area contributed by atoms with Gasteiger partial charge in [0.1, 0.15) is 5.82 Å². The first-order valence-corrected chi connectivity index (χ1v) is 10.3. The number of aryl methyl sites for hydroxylation is 1. The molecule has 0 bridgehead atoms. The molecule has 0 atom stereocenters. The molecule has 1 amide bonds. The van der Waals surface area contributed by atoms with Crippen molar-refractivity contribution in [1.29, 1.82) is 0 Å². The number of aldehydes is 1. The molecular weight excluding hydrogens is 435 g/mol. The highest BCUT2D eigenvalue weighted by molar-refractivity contribution is 6.02. The van der Waals surface area contributed by atoms with Crippen molar-refractivity contribution in [3.8, 4) is 22.6 Å². The summed E-state index contributed by atoms with van der Waals surface area (Å²) < 4.78 is 49.7. The highest BCUT2D eigenvalue weighted by atomic mass is 19.3. The molecule has 0 unspecified atom stereocenters. The number of hydrogen-bond acceptors (Lipinski definition) is 4. The second-order valence-corrected chi connectivity index (χ2v) is 8.25. The van der Waals surface area contributed by atoms with Crippen LogP contribution in [0.5, 0.6) is 11.5 Å². The lowest BCUT2D eigenvalue weighted by molar-refractivity contribution is -0.286. The van der Waals surface area contributed by atoms with E-state index in [-0.39, 0.29) is 23.0 Å². The SMILES string of the molecule is Cc1ccc(NC(=O)C2(c3ccc4c(c3)OC(F)(F)O4)CC2)cc1-c1ccc(C=O)c(F)c1. The van der Waals surface area contributed by atoms with Crippen LogP contribution < -0.4 is 14.8 Å². The zero-order valence-electron chi connectivity index (χ0n) is 17.5. The van der Waals surface area contributed by atoms with E-state index in [2.05, 4.69) is 14.8 Å². The van der Waals surface area contributed by atoms with Gasteiger partial charge in [0.25, 0.3) is 0 Å². The second kappa shape index (κ2) is 7.37. The van der Waals surface area contributed by atoms with Gasteiger partial charge in [-0.25, -0.2) is 4.39 Å². The Kier molecular flexibility index (Phi) is 4.70. The standard InChI is InChI=1S/C25H18F3NO4/c1-14-2-6-18(12-19(14)15-3-4-16(13-30)20(26)10-15)29-23(31)24(8-9-24)17-5-7-21-22(11-17)33-25(27,28)32-21/h2-7,10-13H,8-9H2,1H3,(H,29,31). The van der Waals surface area contributed by atoms with Crippen molar-refractivity contribution in [2.75, 3.05) is 5.32 Å². The lowest BCUT2D eigenvalue weighted by Crippen LogP contribution is -2.28. The van der Waals surface area contributed by atoms with Gasteiger partial charge in [-0.15, -0.1) is 8.78 Å². The predicted molar refractivity (Wildman–Crippen MR) is 114 cm³/mol.